The molecule has 1 saturated heterocycles. The minimum atomic E-state index is -3.63. The molecular weight excluding hydrogens is 316 g/mol. The number of nitrogens with zero attached hydrogens (tertiary/aromatic N) is 3. The molecular formula is C11H18N4O4S2. The number of rotatable bonds is 4. The van der Waals surface area contributed by atoms with Crippen LogP contribution in [-0.4, -0.2) is 69.9 Å². The van der Waals surface area contributed by atoms with Crippen LogP contribution in [0.3, 0.4) is 0 Å². The quantitative estimate of drug-likeness (QED) is 0.788. The summed E-state index contributed by atoms with van der Waals surface area (Å²) in [5, 5.41) is 2.81. The molecule has 0 aliphatic carbocycles. The van der Waals surface area contributed by atoms with Gasteiger partial charge in [-0.15, -0.1) is 0 Å². The van der Waals surface area contributed by atoms with Crippen LogP contribution in [0.1, 0.15) is 0 Å². The second-order valence-corrected chi connectivity index (χ2v) is 8.62. The van der Waals surface area contributed by atoms with Crippen molar-refractivity contribution >= 4 is 25.9 Å². The topological polar surface area (TPSA) is 99.7 Å². The molecule has 10 heteroatoms. The van der Waals surface area contributed by atoms with Gasteiger partial charge in [0.1, 0.15) is 10.7 Å². The summed E-state index contributed by atoms with van der Waals surface area (Å²) < 4.78 is 50.3. The molecule has 0 atom stereocenters. The van der Waals surface area contributed by atoms with Crippen LogP contribution in [0.25, 0.3) is 0 Å². The van der Waals surface area contributed by atoms with Gasteiger partial charge in [0, 0.05) is 39.4 Å². The standard InChI is InChI=1S/C11H18N4O4S2/c1-12-11-4-3-10(9-13-11)21(18,19)15-7-5-14(6-8-15)20(2,16)17/h3-4,9H,5-8H2,1-2H3,(H,12,13). The Kier molecular flexibility index (Phi) is 4.51. The zero-order chi connectivity index (χ0) is 15.7. The third-order valence-corrected chi connectivity index (χ3v) is 6.48. The normalized spacial score (nSPS) is 18.6. The number of hydrogen-bond donors (Lipinski definition) is 1. The molecule has 1 aliphatic heterocycles. The lowest BCUT2D eigenvalue weighted by Crippen LogP contribution is -2.50. The highest BCUT2D eigenvalue weighted by Gasteiger charge is 2.31. The fourth-order valence-electron chi connectivity index (χ4n) is 2.07. The van der Waals surface area contributed by atoms with Crippen molar-refractivity contribution in [2.75, 3.05) is 44.8 Å². The van der Waals surface area contributed by atoms with E-state index >= 15 is 0 Å². The van der Waals surface area contributed by atoms with E-state index in [1.165, 1.54) is 20.9 Å². The van der Waals surface area contributed by atoms with Gasteiger partial charge < -0.3 is 5.32 Å². The van der Waals surface area contributed by atoms with Gasteiger partial charge in [0.15, 0.2) is 0 Å². The molecule has 0 spiro atoms. The Morgan fingerprint density at radius 1 is 1.05 bits per heavy atom. The first-order valence-corrected chi connectivity index (χ1v) is 9.63. The lowest BCUT2D eigenvalue weighted by molar-refractivity contribution is 0.274. The first-order chi connectivity index (χ1) is 9.75. The Morgan fingerprint density at radius 2 is 1.62 bits per heavy atom. The number of anilines is 1. The van der Waals surface area contributed by atoms with Gasteiger partial charge in [0.05, 0.1) is 6.26 Å². The van der Waals surface area contributed by atoms with Crippen molar-refractivity contribution in [3.63, 3.8) is 0 Å². The summed E-state index contributed by atoms with van der Waals surface area (Å²) in [5.74, 6) is 0.579. The van der Waals surface area contributed by atoms with Gasteiger partial charge in [-0.25, -0.2) is 21.8 Å². The molecule has 2 rings (SSSR count). The highest BCUT2D eigenvalue weighted by molar-refractivity contribution is 7.89. The Labute approximate surface area is 124 Å². The summed E-state index contributed by atoms with van der Waals surface area (Å²) in [6.07, 6.45) is 2.42. The molecule has 0 bridgehead atoms. The Balaban J connectivity index is 2.14. The van der Waals surface area contributed by atoms with E-state index < -0.39 is 20.0 Å². The average molecular weight is 334 g/mol. The average Bonchev–Trinajstić information content (AvgIpc) is 2.46. The number of nitrogens with one attached hydrogen (secondary N) is 1. The van der Waals surface area contributed by atoms with Crippen molar-refractivity contribution in [2.45, 2.75) is 4.90 Å². The molecule has 1 N–H and O–H groups in total. The molecule has 1 aromatic rings. The highest BCUT2D eigenvalue weighted by Crippen LogP contribution is 2.18. The summed E-state index contributed by atoms with van der Waals surface area (Å²) in [6.45, 7) is 0.618. The van der Waals surface area contributed by atoms with E-state index in [2.05, 4.69) is 10.3 Å². The van der Waals surface area contributed by atoms with Gasteiger partial charge >= 0.3 is 0 Å². The maximum absolute atomic E-state index is 12.4. The molecule has 0 saturated carbocycles. The molecule has 1 fully saturated rings. The van der Waals surface area contributed by atoms with E-state index in [-0.39, 0.29) is 31.1 Å². The minimum Gasteiger partial charge on any atom is -0.373 e. The van der Waals surface area contributed by atoms with Crippen molar-refractivity contribution in [2.24, 2.45) is 0 Å². The van der Waals surface area contributed by atoms with Crippen LogP contribution < -0.4 is 5.32 Å². The van der Waals surface area contributed by atoms with Crippen molar-refractivity contribution in [3.05, 3.63) is 18.3 Å². The molecule has 2 heterocycles. The summed E-state index contributed by atoms with van der Waals surface area (Å²) in [4.78, 5) is 4.10. The third kappa shape index (κ3) is 3.51. The second kappa shape index (κ2) is 5.87. The molecule has 0 unspecified atom stereocenters. The Hall–Kier alpha value is -1.23. The van der Waals surface area contributed by atoms with E-state index in [4.69, 9.17) is 0 Å². The monoisotopic (exact) mass is 334 g/mol. The van der Waals surface area contributed by atoms with Gasteiger partial charge in [-0.2, -0.15) is 8.61 Å². The zero-order valence-corrected chi connectivity index (χ0v) is 13.5. The Morgan fingerprint density at radius 3 is 2.05 bits per heavy atom. The van der Waals surface area contributed by atoms with Crippen LogP contribution in [-0.2, 0) is 20.0 Å². The van der Waals surface area contributed by atoms with Gasteiger partial charge in [-0.05, 0) is 12.1 Å². The van der Waals surface area contributed by atoms with E-state index in [9.17, 15) is 16.8 Å². The van der Waals surface area contributed by atoms with Crippen molar-refractivity contribution in [1.82, 2.24) is 13.6 Å². The van der Waals surface area contributed by atoms with Gasteiger partial charge in [0.25, 0.3) is 0 Å². The van der Waals surface area contributed by atoms with E-state index in [0.29, 0.717) is 5.82 Å². The fourth-order valence-corrected chi connectivity index (χ4v) is 4.27. The molecule has 1 aliphatic rings. The lowest BCUT2D eigenvalue weighted by atomic mass is 10.4. The van der Waals surface area contributed by atoms with E-state index in [1.807, 2.05) is 0 Å². The lowest BCUT2D eigenvalue weighted by Gasteiger charge is -2.32. The van der Waals surface area contributed by atoms with Gasteiger partial charge in [-0.1, -0.05) is 0 Å². The van der Waals surface area contributed by atoms with Crippen LogP contribution in [0.15, 0.2) is 23.2 Å². The molecule has 118 valence electrons. The molecule has 0 amide bonds. The first kappa shape index (κ1) is 16.1. The summed E-state index contributed by atoms with van der Waals surface area (Å²) in [6, 6.07) is 3.07. The van der Waals surface area contributed by atoms with Crippen LogP contribution in [0.4, 0.5) is 5.82 Å². The fraction of sp³-hybridized carbons (Fsp3) is 0.545. The van der Waals surface area contributed by atoms with Crippen LogP contribution >= 0.6 is 0 Å². The van der Waals surface area contributed by atoms with E-state index in [1.54, 1.807) is 13.1 Å². The van der Waals surface area contributed by atoms with Crippen molar-refractivity contribution in [3.8, 4) is 0 Å². The maximum Gasteiger partial charge on any atom is 0.244 e. The predicted molar refractivity (Wildman–Crippen MR) is 79.0 cm³/mol. The van der Waals surface area contributed by atoms with Crippen molar-refractivity contribution < 1.29 is 16.8 Å². The van der Waals surface area contributed by atoms with Crippen molar-refractivity contribution in [1.29, 1.82) is 0 Å². The number of sulfonamides is 2. The first-order valence-electron chi connectivity index (χ1n) is 6.34. The third-order valence-electron chi connectivity index (χ3n) is 3.30. The van der Waals surface area contributed by atoms with Crippen LogP contribution in [0.2, 0.25) is 0 Å². The highest BCUT2D eigenvalue weighted by atomic mass is 32.2. The largest absolute Gasteiger partial charge is 0.373 e. The molecule has 0 radical (unpaired) electrons. The number of piperazine rings is 1. The zero-order valence-electron chi connectivity index (χ0n) is 11.9. The number of hydrogen-bond acceptors (Lipinski definition) is 6. The van der Waals surface area contributed by atoms with Crippen LogP contribution in [0.5, 0.6) is 0 Å². The SMILES string of the molecule is CNc1ccc(S(=O)(=O)N2CCN(S(C)(=O)=O)CC2)cn1. The summed E-state index contributed by atoms with van der Waals surface area (Å²) in [7, 11) is -5.22. The molecule has 21 heavy (non-hydrogen) atoms. The van der Waals surface area contributed by atoms with Gasteiger partial charge in [-0.3, -0.25) is 0 Å². The summed E-state index contributed by atoms with van der Waals surface area (Å²) >= 11 is 0. The van der Waals surface area contributed by atoms with Gasteiger partial charge in [0.2, 0.25) is 20.0 Å². The molecule has 8 nitrogen and oxygen atoms in total. The summed E-state index contributed by atoms with van der Waals surface area (Å²) in [5.41, 5.74) is 0. The second-order valence-electron chi connectivity index (χ2n) is 4.70. The molecule has 1 aromatic heterocycles. The smallest absolute Gasteiger partial charge is 0.244 e. The minimum absolute atomic E-state index is 0.106. The number of pyridine rings is 1. The van der Waals surface area contributed by atoms with E-state index in [0.717, 1.165) is 6.26 Å². The molecule has 0 aromatic carbocycles. The maximum atomic E-state index is 12.4. The van der Waals surface area contributed by atoms with Crippen LogP contribution in [0, 0.1) is 0 Å². The Bertz CT molecular complexity index is 692. The predicted octanol–water partition coefficient (Wildman–Crippen LogP) is -0.611. The number of aromatic nitrogens is 1.